The molecule has 0 saturated carbocycles. The average molecular weight is 195 g/mol. The lowest BCUT2D eigenvalue weighted by Gasteiger charge is -2.05. The Hall–Kier alpha value is -0.610. The molecular formula is C9H13N3S. The van der Waals surface area contributed by atoms with Crippen molar-refractivity contribution in [3.63, 3.8) is 0 Å². The Kier molecular flexibility index (Phi) is 3.16. The van der Waals surface area contributed by atoms with Crippen LogP contribution in [0.5, 0.6) is 0 Å². The monoisotopic (exact) mass is 195 g/mol. The highest BCUT2D eigenvalue weighted by atomic mass is 32.2. The van der Waals surface area contributed by atoms with Crippen LogP contribution in [0.25, 0.3) is 0 Å². The van der Waals surface area contributed by atoms with Crippen LogP contribution >= 0.6 is 11.8 Å². The van der Waals surface area contributed by atoms with Crippen LogP contribution < -0.4 is 5.32 Å². The van der Waals surface area contributed by atoms with E-state index >= 15 is 0 Å². The summed E-state index contributed by atoms with van der Waals surface area (Å²) < 4.78 is 0. The van der Waals surface area contributed by atoms with E-state index in [1.165, 1.54) is 13.0 Å². The first kappa shape index (κ1) is 8.97. The first-order valence-corrected chi connectivity index (χ1v) is 5.53. The molecular weight excluding hydrogens is 182 g/mol. The molecule has 1 atom stereocenters. The second-order valence-corrected chi connectivity index (χ2v) is 4.25. The van der Waals surface area contributed by atoms with E-state index in [2.05, 4.69) is 15.3 Å². The Morgan fingerprint density at radius 1 is 1.54 bits per heavy atom. The summed E-state index contributed by atoms with van der Waals surface area (Å²) in [6.45, 7) is 2.33. The van der Waals surface area contributed by atoms with Gasteiger partial charge in [-0.25, -0.2) is 4.98 Å². The number of rotatable bonds is 3. The Morgan fingerprint density at radius 2 is 2.54 bits per heavy atom. The number of hydrogen-bond donors (Lipinski definition) is 1. The number of thioether (sulfide) groups is 1. The minimum atomic E-state index is 0.812. The zero-order valence-corrected chi connectivity index (χ0v) is 8.26. The van der Waals surface area contributed by atoms with Crippen molar-refractivity contribution in [2.75, 3.05) is 18.8 Å². The molecule has 4 heteroatoms. The van der Waals surface area contributed by atoms with E-state index in [1.54, 1.807) is 24.2 Å². The lowest BCUT2D eigenvalue weighted by molar-refractivity contribution is 0.662. The highest BCUT2D eigenvalue weighted by Gasteiger charge is 2.14. The molecule has 13 heavy (non-hydrogen) atoms. The molecule has 0 radical (unpaired) electrons. The van der Waals surface area contributed by atoms with Crippen molar-refractivity contribution in [3.05, 3.63) is 18.6 Å². The zero-order chi connectivity index (χ0) is 8.93. The zero-order valence-electron chi connectivity index (χ0n) is 7.44. The van der Waals surface area contributed by atoms with Crippen molar-refractivity contribution in [1.82, 2.24) is 15.3 Å². The van der Waals surface area contributed by atoms with Crippen LogP contribution in [0.4, 0.5) is 0 Å². The van der Waals surface area contributed by atoms with Crippen molar-refractivity contribution in [3.8, 4) is 0 Å². The average Bonchev–Trinajstić information content (AvgIpc) is 2.69. The molecule has 1 unspecified atom stereocenters. The molecule has 2 heterocycles. The predicted octanol–water partition coefficient (Wildman–Crippen LogP) is 1.18. The molecule has 1 aromatic heterocycles. The van der Waals surface area contributed by atoms with Gasteiger partial charge in [-0.2, -0.15) is 0 Å². The molecule has 1 aromatic rings. The maximum Gasteiger partial charge on any atom is 0.114 e. The second-order valence-electron chi connectivity index (χ2n) is 3.21. The van der Waals surface area contributed by atoms with Gasteiger partial charge < -0.3 is 5.32 Å². The molecule has 70 valence electrons. The fraction of sp³-hybridized carbons (Fsp3) is 0.556. The lowest BCUT2D eigenvalue weighted by atomic mass is 10.2. The first-order chi connectivity index (χ1) is 6.45. The van der Waals surface area contributed by atoms with E-state index in [1.807, 2.05) is 6.20 Å². The van der Waals surface area contributed by atoms with Crippen molar-refractivity contribution in [2.45, 2.75) is 11.4 Å². The third-order valence-corrected chi connectivity index (χ3v) is 3.31. The summed E-state index contributed by atoms with van der Waals surface area (Å²) in [5.41, 5.74) is 0. The fourth-order valence-electron chi connectivity index (χ4n) is 1.42. The van der Waals surface area contributed by atoms with E-state index in [0.717, 1.165) is 23.2 Å². The van der Waals surface area contributed by atoms with Crippen LogP contribution in [0.2, 0.25) is 0 Å². The molecule has 0 bridgehead atoms. The van der Waals surface area contributed by atoms with Crippen molar-refractivity contribution in [1.29, 1.82) is 0 Å². The van der Waals surface area contributed by atoms with Crippen molar-refractivity contribution in [2.24, 2.45) is 5.92 Å². The van der Waals surface area contributed by atoms with Crippen LogP contribution in [0.1, 0.15) is 6.42 Å². The maximum absolute atomic E-state index is 4.22. The Labute approximate surface area is 82.4 Å². The van der Waals surface area contributed by atoms with Crippen LogP contribution in [0.3, 0.4) is 0 Å². The van der Waals surface area contributed by atoms with E-state index in [-0.39, 0.29) is 0 Å². The van der Waals surface area contributed by atoms with Gasteiger partial charge in [0.05, 0.1) is 6.20 Å². The van der Waals surface area contributed by atoms with Gasteiger partial charge in [0.2, 0.25) is 0 Å². The van der Waals surface area contributed by atoms with E-state index in [9.17, 15) is 0 Å². The summed E-state index contributed by atoms with van der Waals surface area (Å²) in [4.78, 5) is 8.25. The van der Waals surface area contributed by atoms with Gasteiger partial charge in [0, 0.05) is 18.1 Å². The van der Waals surface area contributed by atoms with E-state index in [0.29, 0.717) is 0 Å². The summed E-state index contributed by atoms with van der Waals surface area (Å²) in [5.74, 6) is 1.97. The fourth-order valence-corrected chi connectivity index (χ4v) is 2.38. The molecule has 0 aliphatic carbocycles. The molecule has 0 aromatic carbocycles. The number of aromatic nitrogens is 2. The SMILES string of the molecule is c1cnc(SCC2CCNC2)cn1. The van der Waals surface area contributed by atoms with E-state index in [4.69, 9.17) is 0 Å². The van der Waals surface area contributed by atoms with Gasteiger partial charge in [-0.1, -0.05) is 0 Å². The molecule has 1 N–H and O–H groups in total. The van der Waals surface area contributed by atoms with Gasteiger partial charge in [0.25, 0.3) is 0 Å². The molecule has 1 aliphatic heterocycles. The summed E-state index contributed by atoms with van der Waals surface area (Å²) in [6.07, 6.45) is 6.58. The predicted molar refractivity (Wildman–Crippen MR) is 53.7 cm³/mol. The van der Waals surface area contributed by atoms with Crippen molar-refractivity contribution >= 4 is 11.8 Å². The minimum Gasteiger partial charge on any atom is -0.316 e. The normalized spacial score (nSPS) is 22.0. The third kappa shape index (κ3) is 2.67. The van der Waals surface area contributed by atoms with Gasteiger partial charge in [-0.05, 0) is 25.4 Å². The van der Waals surface area contributed by atoms with Crippen LogP contribution in [-0.2, 0) is 0 Å². The van der Waals surface area contributed by atoms with Gasteiger partial charge >= 0.3 is 0 Å². The number of hydrogen-bond acceptors (Lipinski definition) is 4. The van der Waals surface area contributed by atoms with Crippen LogP contribution in [0.15, 0.2) is 23.6 Å². The van der Waals surface area contributed by atoms with Gasteiger partial charge in [0.1, 0.15) is 5.03 Å². The van der Waals surface area contributed by atoms with E-state index < -0.39 is 0 Å². The highest BCUT2D eigenvalue weighted by Crippen LogP contribution is 2.20. The van der Waals surface area contributed by atoms with Gasteiger partial charge in [-0.3, -0.25) is 4.98 Å². The largest absolute Gasteiger partial charge is 0.316 e. The number of nitrogens with one attached hydrogen (secondary N) is 1. The summed E-state index contributed by atoms with van der Waals surface area (Å²) in [7, 11) is 0. The highest BCUT2D eigenvalue weighted by molar-refractivity contribution is 7.99. The van der Waals surface area contributed by atoms with Gasteiger partial charge in [0.15, 0.2) is 0 Å². The van der Waals surface area contributed by atoms with Crippen LogP contribution in [0, 0.1) is 5.92 Å². The molecule has 0 amide bonds. The standard InChI is InChI=1S/C9H13N3S/c1-2-10-5-8(1)7-13-9-6-11-3-4-12-9/h3-4,6,8,10H,1-2,5,7H2. The first-order valence-electron chi connectivity index (χ1n) is 4.54. The Balaban J connectivity index is 1.79. The quantitative estimate of drug-likeness (QED) is 0.735. The number of nitrogens with zero attached hydrogens (tertiary/aromatic N) is 2. The topological polar surface area (TPSA) is 37.8 Å². The third-order valence-electron chi connectivity index (χ3n) is 2.17. The molecule has 0 spiro atoms. The molecule has 2 rings (SSSR count). The summed E-state index contributed by atoms with van der Waals surface area (Å²) in [5, 5.41) is 4.40. The molecule has 1 fully saturated rings. The summed E-state index contributed by atoms with van der Waals surface area (Å²) in [6, 6.07) is 0. The van der Waals surface area contributed by atoms with Crippen LogP contribution in [-0.4, -0.2) is 28.8 Å². The Bertz CT molecular complexity index is 246. The second kappa shape index (κ2) is 4.58. The molecule has 1 aliphatic rings. The minimum absolute atomic E-state index is 0.812. The molecule has 3 nitrogen and oxygen atoms in total. The summed E-state index contributed by atoms with van der Waals surface area (Å²) >= 11 is 1.80. The maximum atomic E-state index is 4.22. The van der Waals surface area contributed by atoms with Crippen molar-refractivity contribution < 1.29 is 0 Å². The lowest BCUT2D eigenvalue weighted by Crippen LogP contribution is -2.10. The van der Waals surface area contributed by atoms with Gasteiger partial charge in [-0.15, -0.1) is 11.8 Å². The Morgan fingerprint density at radius 3 is 3.23 bits per heavy atom. The molecule has 1 saturated heterocycles. The smallest absolute Gasteiger partial charge is 0.114 e.